The lowest BCUT2D eigenvalue weighted by atomic mass is 10.3. The van der Waals surface area contributed by atoms with Crippen molar-refractivity contribution in [1.82, 2.24) is 10.2 Å². The van der Waals surface area contributed by atoms with Crippen LogP contribution in [0.2, 0.25) is 0 Å². The van der Waals surface area contributed by atoms with Crippen molar-refractivity contribution in [2.24, 2.45) is 0 Å². The topological polar surface area (TPSA) is 32.3 Å². The standard InChI is InChI=1S/C11H13F3N2OS/c12-11(13,14)7-15-10(17)16(9-1-2-9)5-8-3-4-18-6-8/h3-4,6,9H,1-2,5,7H2,(H,15,17). The summed E-state index contributed by atoms with van der Waals surface area (Å²) in [4.78, 5) is 13.2. The van der Waals surface area contributed by atoms with Gasteiger partial charge in [0.15, 0.2) is 0 Å². The Morgan fingerprint density at radius 3 is 2.72 bits per heavy atom. The van der Waals surface area contributed by atoms with Crippen molar-refractivity contribution in [3.8, 4) is 0 Å². The average Bonchev–Trinajstić information content (AvgIpc) is 2.99. The minimum atomic E-state index is -4.37. The van der Waals surface area contributed by atoms with E-state index in [1.807, 2.05) is 22.1 Å². The first-order valence-electron chi connectivity index (χ1n) is 5.58. The molecule has 1 aliphatic rings. The highest BCUT2D eigenvalue weighted by molar-refractivity contribution is 7.07. The van der Waals surface area contributed by atoms with E-state index < -0.39 is 18.8 Å². The van der Waals surface area contributed by atoms with E-state index in [1.165, 1.54) is 16.2 Å². The van der Waals surface area contributed by atoms with Gasteiger partial charge in [0.05, 0.1) is 0 Å². The molecule has 2 amide bonds. The van der Waals surface area contributed by atoms with Gasteiger partial charge in [0.2, 0.25) is 0 Å². The molecule has 1 heterocycles. The van der Waals surface area contributed by atoms with E-state index in [9.17, 15) is 18.0 Å². The molecule has 1 aromatic rings. The van der Waals surface area contributed by atoms with Gasteiger partial charge in [-0.2, -0.15) is 24.5 Å². The minimum Gasteiger partial charge on any atom is -0.329 e. The van der Waals surface area contributed by atoms with Crippen LogP contribution < -0.4 is 5.32 Å². The van der Waals surface area contributed by atoms with Crippen molar-refractivity contribution in [1.29, 1.82) is 0 Å². The molecule has 0 aromatic carbocycles. The summed E-state index contributed by atoms with van der Waals surface area (Å²) >= 11 is 1.50. The molecule has 1 N–H and O–H groups in total. The minimum absolute atomic E-state index is 0.0816. The second-order valence-electron chi connectivity index (χ2n) is 4.26. The van der Waals surface area contributed by atoms with Gasteiger partial charge in [0, 0.05) is 12.6 Å². The fourth-order valence-corrected chi connectivity index (χ4v) is 2.27. The fourth-order valence-electron chi connectivity index (χ4n) is 1.61. The van der Waals surface area contributed by atoms with Crippen LogP contribution in [-0.2, 0) is 6.54 Å². The first-order valence-corrected chi connectivity index (χ1v) is 6.52. The van der Waals surface area contributed by atoms with Gasteiger partial charge >= 0.3 is 12.2 Å². The van der Waals surface area contributed by atoms with Crippen LogP contribution in [0.4, 0.5) is 18.0 Å². The Morgan fingerprint density at radius 2 is 2.22 bits per heavy atom. The summed E-state index contributed by atoms with van der Waals surface area (Å²) in [6, 6.07) is 1.32. The maximum absolute atomic E-state index is 12.0. The highest BCUT2D eigenvalue weighted by Crippen LogP contribution is 2.28. The Balaban J connectivity index is 1.91. The van der Waals surface area contributed by atoms with Gasteiger partial charge in [0.25, 0.3) is 0 Å². The van der Waals surface area contributed by atoms with Gasteiger partial charge in [-0.3, -0.25) is 0 Å². The Morgan fingerprint density at radius 1 is 1.50 bits per heavy atom. The van der Waals surface area contributed by atoms with Gasteiger partial charge in [0.1, 0.15) is 6.54 Å². The first kappa shape index (κ1) is 13.2. The van der Waals surface area contributed by atoms with Crippen LogP contribution in [0.25, 0.3) is 0 Å². The number of carbonyl (C=O) groups is 1. The molecular formula is C11H13F3N2OS. The Hall–Kier alpha value is -1.24. The van der Waals surface area contributed by atoms with E-state index in [4.69, 9.17) is 0 Å². The Kier molecular flexibility index (Phi) is 3.79. The van der Waals surface area contributed by atoms with E-state index in [0.717, 1.165) is 18.4 Å². The lowest BCUT2D eigenvalue weighted by Gasteiger charge is -2.22. The zero-order valence-corrected chi connectivity index (χ0v) is 10.4. The third-order valence-electron chi connectivity index (χ3n) is 2.62. The van der Waals surface area contributed by atoms with Crippen LogP contribution in [0.3, 0.4) is 0 Å². The van der Waals surface area contributed by atoms with Crippen molar-refractivity contribution in [3.63, 3.8) is 0 Å². The third-order valence-corrected chi connectivity index (χ3v) is 3.35. The Bertz CT molecular complexity index is 401. The second-order valence-corrected chi connectivity index (χ2v) is 5.04. The monoisotopic (exact) mass is 278 g/mol. The number of nitrogens with one attached hydrogen (secondary N) is 1. The summed E-state index contributed by atoms with van der Waals surface area (Å²) in [6.45, 7) is -0.906. The Labute approximate surface area is 107 Å². The number of thiophene rings is 1. The van der Waals surface area contributed by atoms with Crippen LogP contribution in [0.5, 0.6) is 0 Å². The lowest BCUT2D eigenvalue weighted by Crippen LogP contribution is -2.44. The zero-order valence-electron chi connectivity index (χ0n) is 9.54. The lowest BCUT2D eigenvalue weighted by molar-refractivity contribution is -0.123. The molecule has 0 unspecified atom stereocenters. The number of alkyl halides is 3. The highest BCUT2D eigenvalue weighted by Gasteiger charge is 2.35. The number of urea groups is 1. The van der Waals surface area contributed by atoms with Crippen LogP contribution in [-0.4, -0.2) is 29.7 Å². The first-order chi connectivity index (χ1) is 8.46. The highest BCUT2D eigenvalue weighted by atomic mass is 32.1. The number of hydrogen-bond donors (Lipinski definition) is 1. The summed E-state index contributed by atoms with van der Waals surface area (Å²) in [7, 11) is 0. The molecule has 0 aliphatic heterocycles. The van der Waals surface area contributed by atoms with E-state index in [0.29, 0.717) is 6.54 Å². The second kappa shape index (κ2) is 5.17. The van der Waals surface area contributed by atoms with Gasteiger partial charge in [-0.1, -0.05) is 0 Å². The van der Waals surface area contributed by atoms with Gasteiger partial charge in [-0.25, -0.2) is 4.79 Å². The third kappa shape index (κ3) is 3.90. The van der Waals surface area contributed by atoms with Gasteiger partial charge in [-0.15, -0.1) is 0 Å². The predicted octanol–water partition coefficient (Wildman–Crippen LogP) is 2.98. The molecule has 18 heavy (non-hydrogen) atoms. The molecule has 0 spiro atoms. The number of hydrogen-bond acceptors (Lipinski definition) is 2. The van der Waals surface area contributed by atoms with Crippen LogP contribution in [0.1, 0.15) is 18.4 Å². The average molecular weight is 278 g/mol. The van der Waals surface area contributed by atoms with Gasteiger partial charge < -0.3 is 10.2 Å². The molecule has 1 aromatic heterocycles. The summed E-state index contributed by atoms with van der Waals surface area (Å²) < 4.78 is 36.1. The molecule has 2 rings (SSSR count). The van der Waals surface area contributed by atoms with Crippen molar-refractivity contribution in [2.45, 2.75) is 31.6 Å². The van der Waals surface area contributed by atoms with E-state index >= 15 is 0 Å². The van der Waals surface area contributed by atoms with E-state index in [2.05, 4.69) is 0 Å². The molecule has 100 valence electrons. The van der Waals surface area contributed by atoms with Crippen LogP contribution in [0.15, 0.2) is 16.8 Å². The summed E-state index contributed by atoms with van der Waals surface area (Å²) in [5.41, 5.74) is 0.953. The number of nitrogens with zero attached hydrogens (tertiary/aromatic N) is 1. The van der Waals surface area contributed by atoms with Crippen molar-refractivity contribution in [3.05, 3.63) is 22.4 Å². The maximum atomic E-state index is 12.0. The molecular weight excluding hydrogens is 265 g/mol. The number of amides is 2. The summed E-state index contributed by atoms with van der Waals surface area (Å²) in [5, 5.41) is 5.70. The number of carbonyl (C=O) groups excluding carboxylic acids is 1. The van der Waals surface area contributed by atoms with Crippen molar-refractivity contribution >= 4 is 17.4 Å². The zero-order chi connectivity index (χ0) is 13.2. The van der Waals surface area contributed by atoms with Crippen molar-refractivity contribution in [2.75, 3.05) is 6.54 Å². The van der Waals surface area contributed by atoms with Gasteiger partial charge in [-0.05, 0) is 35.2 Å². The molecule has 0 saturated heterocycles. The SMILES string of the molecule is O=C(NCC(F)(F)F)N(Cc1ccsc1)C1CC1. The number of rotatable bonds is 4. The normalized spacial score (nSPS) is 15.5. The molecule has 1 aliphatic carbocycles. The van der Waals surface area contributed by atoms with Crippen LogP contribution in [0, 0.1) is 0 Å². The quantitative estimate of drug-likeness (QED) is 0.902. The fraction of sp³-hybridized carbons (Fsp3) is 0.545. The molecule has 1 saturated carbocycles. The maximum Gasteiger partial charge on any atom is 0.405 e. The summed E-state index contributed by atoms with van der Waals surface area (Å²) in [6.07, 6.45) is -2.64. The molecule has 0 atom stereocenters. The number of halogens is 3. The molecule has 3 nitrogen and oxygen atoms in total. The predicted molar refractivity (Wildman–Crippen MR) is 62.3 cm³/mol. The van der Waals surface area contributed by atoms with Crippen LogP contribution >= 0.6 is 11.3 Å². The summed E-state index contributed by atoms with van der Waals surface area (Å²) in [5.74, 6) is 0. The molecule has 7 heteroatoms. The largest absolute Gasteiger partial charge is 0.405 e. The molecule has 0 bridgehead atoms. The molecule has 0 radical (unpaired) electrons. The smallest absolute Gasteiger partial charge is 0.329 e. The molecule has 1 fully saturated rings. The van der Waals surface area contributed by atoms with E-state index in [1.54, 1.807) is 0 Å². The van der Waals surface area contributed by atoms with E-state index in [-0.39, 0.29) is 6.04 Å². The van der Waals surface area contributed by atoms with Crippen molar-refractivity contribution < 1.29 is 18.0 Å².